The molecule has 0 aliphatic carbocycles. The number of aromatic nitrogens is 4. The molecule has 2 aliphatic heterocycles. The highest BCUT2D eigenvalue weighted by Gasteiger charge is 2.43. The minimum atomic E-state index is -0.376. The van der Waals surface area contributed by atoms with Crippen molar-refractivity contribution in [2.45, 2.75) is 37.4 Å². The Morgan fingerprint density at radius 1 is 1.36 bits per heavy atom. The van der Waals surface area contributed by atoms with Crippen LogP contribution in [0.1, 0.15) is 25.7 Å². The van der Waals surface area contributed by atoms with Crippen LogP contribution < -0.4 is 10.6 Å². The third kappa shape index (κ3) is 2.10. The van der Waals surface area contributed by atoms with Crippen molar-refractivity contribution in [2.75, 3.05) is 30.3 Å². The number of anilines is 2. The van der Waals surface area contributed by atoms with E-state index in [1.807, 2.05) is 6.07 Å². The number of ether oxygens (including phenoxy) is 1. The Morgan fingerprint density at radius 3 is 2.95 bits per heavy atom. The van der Waals surface area contributed by atoms with Crippen molar-refractivity contribution < 1.29 is 9.84 Å². The Morgan fingerprint density at radius 2 is 2.18 bits per heavy atom. The molecule has 0 aromatic carbocycles. The number of piperidine rings is 1. The smallest absolute Gasteiger partial charge is 0.209 e. The first-order chi connectivity index (χ1) is 10.7. The van der Waals surface area contributed by atoms with Crippen molar-refractivity contribution >= 4 is 17.4 Å². The predicted molar refractivity (Wildman–Crippen MR) is 80.6 cm³/mol. The van der Waals surface area contributed by atoms with Crippen LogP contribution in [-0.2, 0) is 4.74 Å². The predicted octanol–water partition coefficient (Wildman–Crippen LogP) is 0.217. The monoisotopic (exact) mass is 304 g/mol. The number of hydrogen-bond donors (Lipinski definition) is 2. The van der Waals surface area contributed by atoms with Crippen molar-refractivity contribution in [1.29, 1.82) is 0 Å². The average Bonchev–Trinajstić information content (AvgIpc) is 3.00. The van der Waals surface area contributed by atoms with E-state index < -0.39 is 0 Å². The molecule has 0 radical (unpaired) electrons. The molecule has 1 atom stereocenters. The van der Waals surface area contributed by atoms with Gasteiger partial charge in [0.2, 0.25) is 5.95 Å². The van der Waals surface area contributed by atoms with Crippen LogP contribution in [0.4, 0.5) is 11.8 Å². The number of aliphatic hydroxyl groups is 1. The van der Waals surface area contributed by atoms with Crippen molar-refractivity contribution in [2.24, 2.45) is 0 Å². The second kappa shape index (κ2) is 5.06. The summed E-state index contributed by atoms with van der Waals surface area (Å²) >= 11 is 0. The van der Waals surface area contributed by atoms with Gasteiger partial charge in [-0.2, -0.15) is 4.98 Å². The van der Waals surface area contributed by atoms with Crippen molar-refractivity contribution in [1.82, 2.24) is 19.6 Å². The van der Waals surface area contributed by atoms with Gasteiger partial charge in [-0.25, -0.2) is 0 Å². The van der Waals surface area contributed by atoms with Gasteiger partial charge in [-0.3, -0.25) is 4.40 Å². The first-order valence-electron chi connectivity index (χ1n) is 7.71. The van der Waals surface area contributed by atoms with Crippen LogP contribution in [0, 0.1) is 0 Å². The Bertz CT molecular complexity index is 679. The summed E-state index contributed by atoms with van der Waals surface area (Å²) in [7, 11) is 0. The maximum Gasteiger partial charge on any atom is 0.209 e. The quantitative estimate of drug-likeness (QED) is 0.777. The molecular weight excluding hydrogens is 284 g/mol. The minimum Gasteiger partial charge on any atom is -0.390 e. The maximum atomic E-state index is 10.3. The molecule has 8 heteroatoms. The third-order valence-electron chi connectivity index (χ3n) is 4.86. The molecule has 0 amide bonds. The SMILES string of the molecule is Nc1nc(N2CCC3(CC2)OCCCC3O)cc2nncn12. The van der Waals surface area contributed by atoms with Crippen LogP contribution in [0.25, 0.3) is 5.65 Å². The van der Waals surface area contributed by atoms with Gasteiger partial charge in [0, 0.05) is 25.8 Å². The van der Waals surface area contributed by atoms with Gasteiger partial charge >= 0.3 is 0 Å². The van der Waals surface area contributed by atoms with Gasteiger partial charge < -0.3 is 20.5 Å². The summed E-state index contributed by atoms with van der Waals surface area (Å²) in [5, 5.41) is 18.2. The van der Waals surface area contributed by atoms with Gasteiger partial charge in [0.25, 0.3) is 0 Å². The standard InChI is InChI=1S/C14H20N6O2/c15-13-17-11(8-12-18-16-9-20(12)13)19-5-3-14(4-6-19)10(21)2-1-7-22-14/h8-10,21H,1-7H2,(H2,15,17). The van der Waals surface area contributed by atoms with E-state index in [2.05, 4.69) is 20.1 Å². The normalized spacial score (nSPS) is 25.0. The number of nitrogen functional groups attached to an aromatic ring is 1. The summed E-state index contributed by atoms with van der Waals surface area (Å²) in [5.74, 6) is 1.19. The fourth-order valence-electron chi connectivity index (χ4n) is 3.50. The third-order valence-corrected chi connectivity index (χ3v) is 4.86. The maximum absolute atomic E-state index is 10.3. The highest BCUT2D eigenvalue weighted by atomic mass is 16.5. The molecule has 4 heterocycles. The van der Waals surface area contributed by atoms with Crippen LogP contribution in [0.3, 0.4) is 0 Å². The van der Waals surface area contributed by atoms with E-state index in [9.17, 15) is 5.11 Å². The molecule has 2 fully saturated rings. The molecule has 0 saturated carbocycles. The van der Waals surface area contributed by atoms with Gasteiger partial charge in [0.15, 0.2) is 5.65 Å². The Hall–Kier alpha value is -1.93. The van der Waals surface area contributed by atoms with Crippen molar-refractivity contribution in [3.63, 3.8) is 0 Å². The van der Waals surface area contributed by atoms with E-state index in [0.29, 0.717) is 11.6 Å². The molecule has 4 rings (SSSR count). The van der Waals surface area contributed by atoms with Crippen LogP contribution in [0.5, 0.6) is 0 Å². The largest absolute Gasteiger partial charge is 0.390 e. The zero-order chi connectivity index (χ0) is 15.2. The van der Waals surface area contributed by atoms with E-state index in [-0.39, 0.29) is 11.7 Å². The summed E-state index contributed by atoms with van der Waals surface area (Å²) in [6.45, 7) is 2.32. The summed E-state index contributed by atoms with van der Waals surface area (Å²) in [4.78, 5) is 6.60. The van der Waals surface area contributed by atoms with Gasteiger partial charge in [0.1, 0.15) is 12.1 Å². The van der Waals surface area contributed by atoms with E-state index in [0.717, 1.165) is 51.2 Å². The Labute approximate surface area is 127 Å². The highest BCUT2D eigenvalue weighted by Crippen LogP contribution is 2.36. The molecule has 3 N–H and O–H groups in total. The molecule has 118 valence electrons. The van der Waals surface area contributed by atoms with Gasteiger partial charge in [-0.1, -0.05) is 0 Å². The zero-order valence-electron chi connectivity index (χ0n) is 12.4. The molecule has 0 bridgehead atoms. The van der Waals surface area contributed by atoms with E-state index in [1.165, 1.54) is 0 Å². The summed E-state index contributed by atoms with van der Waals surface area (Å²) in [5.41, 5.74) is 6.26. The molecule has 1 spiro atoms. The van der Waals surface area contributed by atoms with Gasteiger partial charge in [0.05, 0.1) is 11.7 Å². The Balaban J connectivity index is 1.55. The number of nitrogens with two attached hydrogens (primary N) is 1. The fourth-order valence-corrected chi connectivity index (χ4v) is 3.50. The average molecular weight is 304 g/mol. The number of rotatable bonds is 1. The zero-order valence-corrected chi connectivity index (χ0v) is 12.4. The molecule has 2 aromatic heterocycles. The fraction of sp³-hybridized carbons (Fsp3) is 0.643. The Kier molecular flexibility index (Phi) is 3.16. The van der Waals surface area contributed by atoms with E-state index in [4.69, 9.17) is 10.5 Å². The van der Waals surface area contributed by atoms with Crippen molar-refractivity contribution in [3.05, 3.63) is 12.4 Å². The second-order valence-electron chi connectivity index (χ2n) is 6.09. The first kappa shape index (κ1) is 13.7. The molecule has 2 saturated heterocycles. The van der Waals surface area contributed by atoms with E-state index >= 15 is 0 Å². The second-order valence-corrected chi connectivity index (χ2v) is 6.09. The molecule has 22 heavy (non-hydrogen) atoms. The lowest BCUT2D eigenvalue weighted by molar-refractivity contribution is -0.164. The molecule has 8 nitrogen and oxygen atoms in total. The minimum absolute atomic E-state index is 0.361. The molecule has 1 unspecified atom stereocenters. The summed E-state index contributed by atoms with van der Waals surface area (Å²) in [6.07, 6.45) is 4.56. The van der Waals surface area contributed by atoms with Crippen molar-refractivity contribution in [3.8, 4) is 0 Å². The number of fused-ring (bicyclic) bond motifs is 1. The van der Waals surface area contributed by atoms with Crippen LogP contribution >= 0.6 is 0 Å². The van der Waals surface area contributed by atoms with Crippen LogP contribution in [0.15, 0.2) is 12.4 Å². The first-order valence-corrected chi connectivity index (χ1v) is 7.71. The lowest BCUT2D eigenvalue weighted by atomic mass is 9.82. The highest BCUT2D eigenvalue weighted by molar-refractivity contribution is 5.55. The van der Waals surface area contributed by atoms with Gasteiger partial charge in [-0.15, -0.1) is 10.2 Å². The van der Waals surface area contributed by atoms with Gasteiger partial charge in [-0.05, 0) is 25.7 Å². The summed E-state index contributed by atoms with van der Waals surface area (Å²) < 4.78 is 7.59. The molecule has 2 aromatic rings. The van der Waals surface area contributed by atoms with E-state index in [1.54, 1.807) is 10.7 Å². The lowest BCUT2D eigenvalue weighted by Gasteiger charge is -2.47. The summed E-state index contributed by atoms with van der Waals surface area (Å²) in [6, 6.07) is 1.89. The van der Waals surface area contributed by atoms with Crippen LogP contribution in [-0.4, -0.2) is 56.1 Å². The van der Waals surface area contributed by atoms with Crippen LogP contribution in [0.2, 0.25) is 0 Å². The topological polar surface area (TPSA) is 102 Å². The number of aliphatic hydroxyl groups excluding tert-OH is 1. The molecular formula is C14H20N6O2. The number of hydrogen-bond acceptors (Lipinski definition) is 7. The lowest BCUT2D eigenvalue weighted by Crippen LogP contribution is -2.55. The number of nitrogens with zero attached hydrogens (tertiary/aromatic N) is 5. The molecule has 2 aliphatic rings.